The summed E-state index contributed by atoms with van der Waals surface area (Å²) in [4.78, 5) is 17.3. The van der Waals surface area contributed by atoms with Gasteiger partial charge in [0.2, 0.25) is 11.1 Å². The second-order valence-electron chi connectivity index (χ2n) is 7.94. The summed E-state index contributed by atoms with van der Waals surface area (Å²) in [5.41, 5.74) is 3.29. The Morgan fingerprint density at radius 1 is 1.24 bits per heavy atom. The molecule has 2 heterocycles. The Balaban J connectivity index is 1.65. The van der Waals surface area contributed by atoms with Crippen molar-refractivity contribution in [1.29, 1.82) is 0 Å². The van der Waals surface area contributed by atoms with E-state index in [1.54, 1.807) is 18.7 Å². The van der Waals surface area contributed by atoms with E-state index in [1.807, 2.05) is 60.1 Å². The van der Waals surface area contributed by atoms with Crippen LogP contribution in [0.4, 0.5) is 5.95 Å². The summed E-state index contributed by atoms with van der Waals surface area (Å²) >= 11 is 7.90. The van der Waals surface area contributed by atoms with Crippen LogP contribution in [0.15, 0.2) is 65.0 Å². The van der Waals surface area contributed by atoms with Crippen molar-refractivity contribution in [2.75, 3.05) is 11.1 Å². The van der Waals surface area contributed by atoms with E-state index in [-0.39, 0.29) is 11.8 Å². The molecule has 4 rings (SSSR count). The summed E-state index contributed by atoms with van der Waals surface area (Å²) in [5.74, 6) is 2.30. The fraction of sp³-hybridized carbons (Fsp3) is 0.320. The highest BCUT2D eigenvalue weighted by molar-refractivity contribution is 7.99. The van der Waals surface area contributed by atoms with Crippen LogP contribution in [-0.2, 0) is 11.4 Å². The van der Waals surface area contributed by atoms with Crippen molar-refractivity contribution in [2.24, 2.45) is 0 Å². The minimum atomic E-state index is -0.379. The molecule has 0 aliphatic carbocycles. The van der Waals surface area contributed by atoms with E-state index in [4.69, 9.17) is 21.4 Å². The van der Waals surface area contributed by atoms with E-state index in [2.05, 4.69) is 17.2 Å². The van der Waals surface area contributed by atoms with Gasteiger partial charge in [0.1, 0.15) is 18.4 Å². The SMILES string of the molecule is CCCCSc1nc2n(n1)C(c1cccc(OCc3ccccc3Cl)c1)C(C(C)=O)=C(C)N2. The molecule has 0 bridgehead atoms. The summed E-state index contributed by atoms with van der Waals surface area (Å²) in [6, 6.07) is 15.0. The van der Waals surface area contributed by atoms with Gasteiger partial charge in [-0.25, -0.2) is 4.68 Å². The number of ether oxygens (including phenoxy) is 1. The molecule has 1 N–H and O–H groups in total. The molecule has 2 aromatic carbocycles. The summed E-state index contributed by atoms with van der Waals surface area (Å²) in [7, 11) is 0. The zero-order chi connectivity index (χ0) is 23.4. The predicted molar refractivity (Wildman–Crippen MR) is 133 cm³/mol. The second-order valence-corrected chi connectivity index (χ2v) is 9.41. The number of unbranched alkanes of at least 4 members (excludes halogenated alkanes) is 1. The highest BCUT2D eigenvalue weighted by Crippen LogP contribution is 2.37. The second kappa shape index (κ2) is 10.4. The van der Waals surface area contributed by atoms with Gasteiger partial charge in [-0.2, -0.15) is 4.98 Å². The van der Waals surface area contributed by atoms with Crippen molar-refractivity contribution in [3.8, 4) is 5.75 Å². The van der Waals surface area contributed by atoms with Crippen LogP contribution in [0.5, 0.6) is 5.75 Å². The van der Waals surface area contributed by atoms with Gasteiger partial charge >= 0.3 is 0 Å². The average molecular weight is 483 g/mol. The number of ketones is 1. The van der Waals surface area contributed by atoms with Crippen molar-refractivity contribution < 1.29 is 9.53 Å². The molecule has 3 aromatic rings. The molecule has 1 aromatic heterocycles. The Morgan fingerprint density at radius 3 is 2.82 bits per heavy atom. The number of hydrogen-bond acceptors (Lipinski definition) is 6. The van der Waals surface area contributed by atoms with Gasteiger partial charge in [-0.05, 0) is 44.0 Å². The predicted octanol–water partition coefficient (Wildman–Crippen LogP) is 6.28. The quantitative estimate of drug-likeness (QED) is 0.286. The molecule has 1 aliphatic heterocycles. The number of carbonyl (C=O) groups is 1. The number of carbonyl (C=O) groups excluding carboxylic acids is 1. The van der Waals surface area contributed by atoms with Crippen molar-refractivity contribution in [1.82, 2.24) is 14.8 Å². The number of rotatable bonds is 9. The van der Waals surface area contributed by atoms with Crippen molar-refractivity contribution in [2.45, 2.75) is 51.4 Å². The normalized spacial score (nSPS) is 15.2. The lowest BCUT2D eigenvalue weighted by Gasteiger charge is -2.28. The van der Waals surface area contributed by atoms with Crippen molar-refractivity contribution in [3.63, 3.8) is 0 Å². The zero-order valence-corrected chi connectivity index (χ0v) is 20.5. The Hall–Kier alpha value is -2.77. The Kier molecular flexibility index (Phi) is 7.40. The molecular weight excluding hydrogens is 456 g/mol. The molecule has 0 saturated heterocycles. The Morgan fingerprint density at radius 2 is 2.06 bits per heavy atom. The number of nitrogens with zero attached hydrogens (tertiary/aromatic N) is 3. The lowest BCUT2D eigenvalue weighted by atomic mass is 9.93. The fourth-order valence-corrected chi connectivity index (χ4v) is 4.92. The maximum Gasteiger partial charge on any atom is 0.227 e. The smallest absolute Gasteiger partial charge is 0.227 e. The number of nitrogens with one attached hydrogen (secondary N) is 1. The van der Waals surface area contributed by atoms with Gasteiger partial charge < -0.3 is 10.1 Å². The minimum absolute atomic E-state index is 0.00581. The molecule has 0 fully saturated rings. The molecule has 0 saturated carbocycles. The van der Waals surface area contributed by atoms with E-state index in [1.165, 1.54) is 0 Å². The summed E-state index contributed by atoms with van der Waals surface area (Å²) in [6.45, 7) is 6.02. The number of allylic oxidation sites excluding steroid dienone is 2. The van der Waals surface area contributed by atoms with Gasteiger partial charge in [0.25, 0.3) is 0 Å². The standard InChI is InChI=1S/C25H27ClN4O2S/c1-4-5-13-33-25-28-24-27-16(2)22(17(3)31)23(30(24)29-25)18-10-8-11-20(14-18)32-15-19-9-6-7-12-21(19)26/h6-12,14,23H,4-5,13,15H2,1-3H3,(H,27,28,29). The lowest BCUT2D eigenvalue weighted by Crippen LogP contribution is -2.27. The number of aromatic nitrogens is 3. The molecule has 1 aliphatic rings. The average Bonchev–Trinajstić information content (AvgIpc) is 3.20. The van der Waals surface area contributed by atoms with Gasteiger partial charge in [-0.1, -0.05) is 67.0 Å². The molecule has 0 radical (unpaired) electrons. The van der Waals surface area contributed by atoms with Crippen molar-refractivity contribution >= 4 is 35.1 Å². The van der Waals surface area contributed by atoms with Crippen LogP contribution >= 0.6 is 23.4 Å². The summed E-state index contributed by atoms with van der Waals surface area (Å²) in [5, 5.41) is 9.38. The number of benzene rings is 2. The van der Waals surface area contributed by atoms with E-state index < -0.39 is 0 Å². The maximum absolute atomic E-state index is 12.6. The van der Waals surface area contributed by atoms with Crippen molar-refractivity contribution in [3.05, 3.63) is 76.0 Å². The lowest BCUT2D eigenvalue weighted by molar-refractivity contribution is -0.114. The van der Waals surface area contributed by atoms with Crippen LogP contribution in [0.25, 0.3) is 0 Å². The Bertz CT molecular complexity index is 1190. The molecule has 1 atom stereocenters. The molecule has 6 nitrogen and oxygen atoms in total. The van der Waals surface area contributed by atoms with Crippen LogP contribution in [0.2, 0.25) is 5.02 Å². The fourth-order valence-electron chi connectivity index (χ4n) is 3.82. The Labute approximate surface area is 203 Å². The van der Waals surface area contributed by atoms with E-state index in [0.717, 1.165) is 35.4 Å². The van der Waals surface area contributed by atoms with Gasteiger partial charge in [-0.15, -0.1) is 5.10 Å². The molecular formula is C25H27ClN4O2S. The third kappa shape index (κ3) is 5.25. The third-order valence-corrected chi connectivity index (χ3v) is 6.76. The third-order valence-electron chi connectivity index (χ3n) is 5.47. The first-order chi connectivity index (χ1) is 16.0. The van der Waals surface area contributed by atoms with Crippen LogP contribution < -0.4 is 10.1 Å². The van der Waals surface area contributed by atoms with Crippen LogP contribution in [0, 0.1) is 0 Å². The highest BCUT2D eigenvalue weighted by Gasteiger charge is 2.32. The number of hydrogen-bond donors (Lipinski definition) is 1. The molecule has 33 heavy (non-hydrogen) atoms. The first-order valence-corrected chi connectivity index (χ1v) is 12.4. The van der Waals surface area contributed by atoms with Gasteiger partial charge in [-0.3, -0.25) is 4.79 Å². The molecule has 0 amide bonds. The monoisotopic (exact) mass is 482 g/mol. The van der Waals surface area contributed by atoms with E-state index in [9.17, 15) is 4.79 Å². The number of anilines is 1. The van der Waals surface area contributed by atoms with Crippen LogP contribution in [0.3, 0.4) is 0 Å². The molecule has 0 spiro atoms. The minimum Gasteiger partial charge on any atom is -0.489 e. The van der Waals surface area contributed by atoms with Crippen LogP contribution in [0.1, 0.15) is 50.8 Å². The zero-order valence-electron chi connectivity index (χ0n) is 19.0. The number of thioether (sulfide) groups is 1. The summed E-state index contributed by atoms with van der Waals surface area (Å²) in [6.07, 6.45) is 2.23. The summed E-state index contributed by atoms with van der Waals surface area (Å²) < 4.78 is 7.85. The van der Waals surface area contributed by atoms with Crippen LogP contribution in [-0.4, -0.2) is 26.3 Å². The number of fused-ring (bicyclic) bond motifs is 1. The number of Topliss-reactive ketones (excluding diaryl/α,β-unsaturated/α-hetero) is 1. The largest absolute Gasteiger partial charge is 0.489 e. The molecule has 8 heteroatoms. The molecule has 172 valence electrons. The first kappa shape index (κ1) is 23.4. The van der Waals surface area contributed by atoms with Gasteiger partial charge in [0, 0.05) is 27.6 Å². The van der Waals surface area contributed by atoms with Gasteiger partial charge in [0.05, 0.1) is 0 Å². The highest BCUT2D eigenvalue weighted by atomic mass is 35.5. The maximum atomic E-state index is 12.6. The van der Waals surface area contributed by atoms with Gasteiger partial charge in [0.15, 0.2) is 5.78 Å². The first-order valence-electron chi connectivity index (χ1n) is 11.0. The van der Waals surface area contributed by atoms with E-state index in [0.29, 0.717) is 34.1 Å². The van der Waals surface area contributed by atoms with E-state index >= 15 is 0 Å². The number of halogens is 1. The molecule has 1 unspecified atom stereocenters. The topological polar surface area (TPSA) is 69.0 Å².